The lowest BCUT2D eigenvalue weighted by Crippen LogP contribution is -2.44. The van der Waals surface area contributed by atoms with Crippen molar-refractivity contribution in [3.63, 3.8) is 0 Å². The van der Waals surface area contributed by atoms with Crippen LogP contribution in [0.4, 0.5) is 13.2 Å². The Labute approximate surface area is 182 Å². The van der Waals surface area contributed by atoms with E-state index >= 15 is 0 Å². The summed E-state index contributed by atoms with van der Waals surface area (Å²) in [5.74, 6) is 0.0849. The first-order chi connectivity index (χ1) is 15.3. The summed E-state index contributed by atoms with van der Waals surface area (Å²) < 4.78 is 38.9. The second kappa shape index (κ2) is 8.96. The molecule has 7 nitrogen and oxygen atoms in total. The van der Waals surface area contributed by atoms with Gasteiger partial charge in [0, 0.05) is 35.2 Å². The highest BCUT2D eigenvalue weighted by Gasteiger charge is 2.30. The Morgan fingerprint density at radius 1 is 1.19 bits per heavy atom. The van der Waals surface area contributed by atoms with Gasteiger partial charge in [-0.1, -0.05) is 12.1 Å². The summed E-state index contributed by atoms with van der Waals surface area (Å²) in [4.78, 5) is 21.7. The molecule has 2 heterocycles. The zero-order valence-corrected chi connectivity index (χ0v) is 17.1. The summed E-state index contributed by atoms with van der Waals surface area (Å²) in [5, 5.41) is 16.2. The number of rotatable bonds is 5. The number of aromatic nitrogens is 3. The molecule has 0 atom stereocenters. The lowest BCUT2D eigenvalue weighted by molar-refractivity contribution is -0.126. The Morgan fingerprint density at radius 3 is 2.59 bits per heavy atom. The van der Waals surface area contributed by atoms with E-state index in [2.05, 4.69) is 26.7 Å². The normalized spacial score (nSPS) is 18.9. The zero-order chi connectivity index (χ0) is 22.7. The predicted octanol–water partition coefficient (Wildman–Crippen LogP) is 3.49. The number of carbonyl (C=O) groups is 1. The van der Waals surface area contributed by atoms with Crippen LogP contribution in [0, 0.1) is 11.3 Å². The number of pyridine rings is 1. The number of imidazole rings is 1. The Kier molecular flexibility index (Phi) is 6.10. The highest BCUT2D eigenvalue weighted by atomic mass is 19.4. The van der Waals surface area contributed by atoms with Crippen molar-refractivity contribution in [1.82, 2.24) is 25.2 Å². The van der Waals surface area contributed by atoms with Gasteiger partial charge in [0.05, 0.1) is 18.2 Å². The SMILES string of the molecule is N#Cc1cccc2c(C(=O)N[C@H]3CC[C@H](NCC(F)(F)F)CC3)nc(-n3ccnc3)cc12. The van der Waals surface area contributed by atoms with Crippen LogP contribution in [0.15, 0.2) is 43.0 Å². The molecule has 32 heavy (non-hydrogen) atoms. The summed E-state index contributed by atoms with van der Waals surface area (Å²) in [6.45, 7) is -1.01. The largest absolute Gasteiger partial charge is 0.401 e. The number of nitriles is 1. The van der Waals surface area contributed by atoms with E-state index in [0.29, 0.717) is 47.8 Å². The van der Waals surface area contributed by atoms with Crippen LogP contribution < -0.4 is 10.6 Å². The van der Waals surface area contributed by atoms with E-state index in [1.54, 1.807) is 47.6 Å². The highest BCUT2D eigenvalue weighted by molar-refractivity contribution is 6.07. The van der Waals surface area contributed by atoms with Crippen LogP contribution in [0.25, 0.3) is 16.6 Å². The fourth-order valence-corrected chi connectivity index (χ4v) is 4.02. The van der Waals surface area contributed by atoms with Gasteiger partial charge in [0.1, 0.15) is 17.8 Å². The monoisotopic (exact) mass is 442 g/mol. The molecule has 1 aromatic carbocycles. The smallest absolute Gasteiger partial charge is 0.348 e. The Hall–Kier alpha value is -3.45. The molecule has 2 N–H and O–H groups in total. The molecule has 0 unspecified atom stereocenters. The summed E-state index contributed by atoms with van der Waals surface area (Å²) in [5.41, 5.74) is 0.622. The second-order valence-corrected chi connectivity index (χ2v) is 7.83. The number of alkyl halides is 3. The number of nitrogens with zero attached hydrogens (tertiary/aromatic N) is 4. The molecule has 3 aromatic rings. The van der Waals surface area contributed by atoms with Gasteiger partial charge in [-0.25, -0.2) is 9.97 Å². The van der Waals surface area contributed by atoms with Crippen LogP contribution in [-0.4, -0.2) is 45.2 Å². The molecule has 1 aliphatic carbocycles. The molecule has 0 spiro atoms. The summed E-state index contributed by atoms with van der Waals surface area (Å²) in [6.07, 6.45) is 2.84. The van der Waals surface area contributed by atoms with Crippen molar-refractivity contribution in [2.45, 2.75) is 43.9 Å². The van der Waals surface area contributed by atoms with Crippen LogP contribution in [0.1, 0.15) is 41.7 Å². The van der Waals surface area contributed by atoms with Gasteiger partial charge in [-0.2, -0.15) is 18.4 Å². The number of hydrogen-bond donors (Lipinski definition) is 2. The number of carbonyl (C=O) groups excluding carboxylic acids is 1. The van der Waals surface area contributed by atoms with E-state index in [-0.39, 0.29) is 23.7 Å². The number of hydrogen-bond acceptors (Lipinski definition) is 5. The number of nitrogens with one attached hydrogen (secondary N) is 2. The van der Waals surface area contributed by atoms with E-state index < -0.39 is 12.7 Å². The van der Waals surface area contributed by atoms with Crippen molar-refractivity contribution in [2.75, 3.05) is 6.54 Å². The van der Waals surface area contributed by atoms with Crippen molar-refractivity contribution >= 4 is 16.7 Å². The Balaban J connectivity index is 1.53. The lowest BCUT2D eigenvalue weighted by atomic mass is 9.91. The number of fused-ring (bicyclic) bond motifs is 1. The van der Waals surface area contributed by atoms with E-state index in [9.17, 15) is 23.2 Å². The van der Waals surface area contributed by atoms with Gasteiger partial charge in [-0.3, -0.25) is 9.36 Å². The molecule has 166 valence electrons. The quantitative estimate of drug-likeness (QED) is 0.631. The molecule has 0 radical (unpaired) electrons. The van der Waals surface area contributed by atoms with Crippen molar-refractivity contribution in [3.8, 4) is 11.9 Å². The molecular weight excluding hydrogens is 421 g/mol. The maximum Gasteiger partial charge on any atom is 0.401 e. The van der Waals surface area contributed by atoms with Gasteiger partial charge in [0.2, 0.25) is 0 Å². The number of amides is 1. The van der Waals surface area contributed by atoms with Crippen LogP contribution >= 0.6 is 0 Å². The molecule has 1 amide bonds. The van der Waals surface area contributed by atoms with Crippen LogP contribution in [0.2, 0.25) is 0 Å². The predicted molar refractivity (Wildman–Crippen MR) is 111 cm³/mol. The first-order valence-electron chi connectivity index (χ1n) is 10.3. The molecule has 0 bridgehead atoms. The average molecular weight is 442 g/mol. The number of benzene rings is 1. The van der Waals surface area contributed by atoms with E-state index in [4.69, 9.17) is 0 Å². The van der Waals surface area contributed by atoms with Gasteiger partial charge in [0.15, 0.2) is 0 Å². The zero-order valence-electron chi connectivity index (χ0n) is 17.1. The molecule has 10 heteroatoms. The third kappa shape index (κ3) is 4.89. The van der Waals surface area contributed by atoms with Crippen molar-refractivity contribution in [2.24, 2.45) is 0 Å². The third-order valence-electron chi connectivity index (χ3n) is 5.62. The highest BCUT2D eigenvalue weighted by Crippen LogP contribution is 2.25. The molecule has 2 aromatic heterocycles. The molecular formula is C22H21F3N6O. The lowest BCUT2D eigenvalue weighted by Gasteiger charge is -2.30. The van der Waals surface area contributed by atoms with E-state index in [1.165, 1.54) is 0 Å². The minimum atomic E-state index is -4.24. The minimum Gasteiger partial charge on any atom is -0.348 e. The summed E-state index contributed by atoms with van der Waals surface area (Å²) >= 11 is 0. The molecule has 4 rings (SSSR count). The Morgan fingerprint density at radius 2 is 1.94 bits per heavy atom. The molecule has 1 saturated carbocycles. The molecule has 0 saturated heterocycles. The third-order valence-corrected chi connectivity index (χ3v) is 5.62. The van der Waals surface area contributed by atoms with Crippen LogP contribution in [0.5, 0.6) is 0 Å². The number of halogens is 3. The van der Waals surface area contributed by atoms with Crippen molar-refractivity contribution in [1.29, 1.82) is 5.26 Å². The second-order valence-electron chi connectivity index (χ2n) is 7.83. The van der Waals surface area contributed by atoms with E-state index in [1.807, 2.05) is 0 Å². The van der Waals surface area contributed by atoms with Gasteiger partial charge in [-0.05, 0) is 37.8 Å². The fraction of sp³-hybridized carbons (Fsp3) is 0.364. The fourth-order valence-electron chi connectivity index (χ4n) is 4.02. The topological polar surface area (TPSA) is 95.6 Å². The van der Waals surface area contributed by atoms with Crippen molar-refractivity contribution < 1.29 is 18.0 Å². The molecule has 1 aliphatic rings. The molecule has 1 fully saturated rings. The minimum absolute atomic E-state index is 0.153. The Bertz CT molecular complexity index is 1140. The maximum absolute atomic E-state index is 13.1. The summed E-state index contributed by atoms with van der Waals surface area (Å²) in [6, 6.07) is 8.64. The van der Waals surface area contributed by atoms with Gasteiger partial charge < -0.3 is 10.6 Å². The van der Waals surface area contributed by atoms with Gasteiger partial charge in [0.25, 0.3) is 5.91 Å². The van der Waals surface area contributed by atoms with Crippen molar-refractivity contribution in [3.05, 3.63) is 54.2 Å². The van der Waals surface area contributed by atoms with E-state index in [0.717, 1.165) is 0 Å². The first kappa shape index (κ1) is 21.8. The molecule has 0 aliphatic heterocycles. The van der Waals surface area contributed by atoms with Crippen LogP contribution in [-0.2, 0) is 0 Å². The van der Waals surface area contributed by atoms with Gasteiger partial charge in [-0.15, -0.1) is 0 Å². The van der Waals surface area contributed by atoms with Crippen LogP contribution in [0.3, 0.4) is 0 Å². The summed E-state index contributed by atoms with van der Waals surface area (Å²) in [7, 11) is 0. The maximum atomic E-state index is 13.1. The average Bonchev–Trinajstić information content (AvgIpc) is 3.32. The standard InChI is InChI=1S/C22H21F3N6O/c23-22(24,25)12-28-15-4-6-16(7-5-15)29-21(32)20-17-3-1-2-14(11-26)18(17)10-19(30-20)31-9-8-27-13-31/h1-3,8-10,13,15-16,28H,4-7,12H2,(H,29,32)/t15-,16-. The van der Waals surface area contributed by atoms with Gasteiger partial charge >= 0.3 is 6.18 Å². The first-order valence-corrected chi connectivity index (χ1v) is 10.3.